The predicted molar refractivity (Wildman–Crippen MR) is 111 cm³/mol. The summed E-state index contributed by atoms with van der Waals surface area (Å²) in [6, 6.07) is 14.8. The maximum atomic E-state index is 13.3. The lowest BCUT2D eigenvalue weighted by molar-refractivity contribution is 0.339. The van der Waals surface area contributed by atoms with E-state index in [2.05, 4.69) is 35.2 Å². The number of nitrogens with zero attached hydrogens (tertiary/aromatic N) is 3. The van der Waals surface area contributed by atoms with Crippen LogP contribution in [0.2, 0.25) is 0 Å². The Morgan fingerprint density at radius 1 is 1.14 bits per heavy atom. The van der Waals surface area contributed by atoms with Crippen molar-refractivity contribution in [1.82, 2.24) is 19.7 Å². The normalized spacial score (nSPS) is 23.1. The van der Waals surface area contributed by atoms with Crippen LogP contribution < -0.4 is 0 Å². The molecule has 0 aliphatic heterocycles. The van der Waals surface area contributed by atoms with Crippen molar-refractivity contribution in [2.45, 2.75) is 32.1 Å². The highest BCUT2D eigenvalue weighted by Gasteiger charge is 2.47. The van der Waals surface area contributed by atoms with Gasteiger partial charge in [0.25, 0.3) is 0 Å². The molecule has 2 heterocycles. The van der Waals surface area contributed by atoms with Gasteiger partial charge in [-0.15, -0.1) is 0 Å². The maximum absolute atomic E-state index is 13.3. The SMILES string of the molecule is C[C@]12Cc3cnn(-c4ccc(F)cc4)c3C=C1CC[C@@H]2c1nc2ccccc2[nH]1. The Hall–Kier alpha value is -3.21. The second-order valence-electron chi connectivity index (χ2n) is 8.44. The van der Waals surface area contributed by atoms with Gasteiger partial charge in [0, 0.05) is 11.3 Å². The van der Waals surface area contributed by atoms with Crippen LogP contribution >= 0.6 is 0 Å². The number of aromatic nitrogens is 4. The average Bonchev–Trinajstić information content (AvgIpc) is 3.40. The highest BCUT2D eigenvalue weighted by molar-refractivity contribution is 5.75. The Kier molecular flexibility index (Phi) is 3.40. The number of imidazole rings is 1. The van der Waals surface area contributed by atoms with Crippen molar-refractivity contribution >= 4 is 17.1 Å². The van der Waals surface area contributed by atoms with Gasteiger partial charge in [0.1, 0.15) is 11.6 Å². The van der Waals surface area contributed by atoms with Crippen LogP contribution in [-0.4, -0.2) is 19.7 Å². The third-order valence-electron chi connectivity index (χ3n) is 6.77. The van der Waals surface area contributed by atoms with Crippen molar-refractivity contribution in [1.29, 1.82) is 0 Å². The minimum atomic E-state index is -0.231. The van der Waals surface area contributed by atoms with Gasteiger partial charge in [0.15, 0.2) is 0 Å². The van der Waals surface area contributed by atoms with E-state index in [-0.39, 0.29) is 11.2 Å². The van der Waals surface area contributed by atoms with Gasteiger partial charge in [-0.05, 0) is 67.3 Å². The van der Waals surface area contributed by atoms with Gasteiger partial charge in [-0.2, -0.15) is 5.10 Å². The van der Waals surface area contributed by atoms with Crippen molar-refractivity contribution in [3.63, 3.8) is 0 Å². The minimum Gasteiger partial charge on any atom is -0.342 e. The molecule has 1 N–H and O–H groups in total. The summed E-state index contributed by atoms with van der Waals surface area (Å²) >= 11 is 0. The van der Waals surface area contributed by atoms with E-state index in [0.29, 0.717) is 5.92 Å². The molecule has 4 aromatic rings. The Labute approximate surface area is 168 Å². The van der Waals surface area contributed by atoms with Gasteiger partial charge >= 0.3 is 0 Å². The zero-order valence-electron chi connectivity index (χ0n) is 16.2. The number of rotatable bonds is 2. The quantitative estimate of drug-likeness (QED) is 0.502. The number of hydrogen-bond donors (Lipinski definition) is 1. The summed E-state index contributed by atoms with van der Waals surface area (Å²) in [5, 5.41) is 4.61. The molecule has 0 bridgehead atoms. The molecule has 144 valence electrons. The molecule has 4 nitrogen and oxygen atoms in total. The van der Waals surface area contributed by atoms with Crippen LogP contribution in [-0.2, 0) is 6.42 Å². The van der Waals surface area contributed by atoms with E-state index < -0.39 is 0 Å². The van der Waals surface area contributed by atoms with Crippen LogP contribution in [0.25, 0.3) is 22.8 Å². The molecule has 1 fully saturated rings. The molecule has 0 unspecified atom stereocenters. The monoisotopic (exact) mass is 384 g/mol. The first-order valence-corrected chi connectivity index (χ1v) is 10.1. The summed E-state index contributed by atoms with van der Waals surface area (Å²) in [5.74, 6) is 1.22. The molecule has 1 saturated carbocycles. The van der Waals surface area contributed by atoms with Gasteiger partial charge < -0.3 is 4.98 Å². The number of fused-ring (bicyclic) bond motifs is 3. The van der Waals surface area contributed by atoms with Gasteiger partial charge in [0.2, 0.25) is 0 Å². The van der Waals surface area contributed by atoms with Crippen molar-refractivity contribution in [2.24, 2.45) is 5.41 Å². The van der Waals surface area contributed by atoms with Crippen LogP contribution in [0, 0.1) is 11.2 Å². The maximum Gasteiger partial charge on any atom is 0.123 e. The molecule has 0 radical (unpaired) electrons. The standard InChI is InChI=1S/C24H21FN4/c1-24-13-15-14-26-29(18-9-7-17(25)8-10-18)22(15)12-16(24)6-11-19(24)23-27-20-4-2-3-5-21(20)28-23/h2-5,7-10,12,14,19H,6,11,13H2,1H3,(H,27,28)/t19-,24+/m1/s1. The highest BCUT2D eigenvalue weighted by atomic mass is 19.1. The molecule has 2 aromatic heterocycles. The average molecular weight is 384 g/mol. The van der Waals surface area contributed by atoms with Crippen LogP contribution in [0.4, 0.5) is 4.39 Å². The Balaban J connectivity index is 1.41. The largest absolute Gasteiger partial charge is 0.342 e. The second-order valence-corrected chi connectivity index (χ2v) is 8.44. The summed E-state index contributed by atoms with van der Waals surface area (Å²) < 4.78 is 15.3. The van der Waals surface area contributed by atoms with Crippen LogP contribution in [0.5, 0.6) is 0 Å². The van der Waals surface area contributed by atoms with E-state index in [1.54, 1.807) is 12.1 Å². The predicted octanol–water partition coefficient (Wildman–Crippen LogP) is 5.41. The lowest BCUT2D eigenvalue weighted by Gasteiger charge is -2.35. The molecule has 6 rings (SSSR count). The third kappa shape index (κ3) is 2.43. The Morgan fingerprint density at radius 3 is 2.79 bits per heavy atom. The fraction of sp³-hybridized carbons (Fsp3) is 0.250. The van der Waals surface area contributed by atoms with Crippen LogP contribution in [0.3, 0.4) is 0 Å². The molecule has 2 aliphatic carbocycles. The zero-order valence-corrected chi connectivity index (χ0v) is 16.2. The first-order chi connectivity index (χ1) is 14.1. The number of para-hydroxylation sites is 2. The van der Waals surface area contributed by atoms with Crippen LogP contribution in [0.15, 0.2) is 60.3 Å². The molecule has 0 amide bonds. The topological polar surface area (TPSA) is 46.5 Å². The second kappa shape index (κ2) is 5.89. The number of H-pyrrole nitrogens is 1. The number of benzene rings is 2. The van der Waals surface area contributed by atoms with E-state index in [1.807, 2.05) is 23.0 Å². The van der Waals surface area contributed by atoms with Crippen molar-refractivity contribution in [3.8, 4) is 5.69 Å². The van der Waals surface area contributed by atoms with E-state index in [1.165, 1.54) is 23.3 Å². The summed E-state index contributed by atoms with van der Waals surface area (Å²) in [4.78, 5) is 8.47. The van der Waals surface area contributed by atoms with Gasteiger partial charge in [-0.1, -0.05) is 24.6 Å². The van der Waals surface area contributed by atoms with Gasteiger partial charge in [-0.3, -0.25) is 0 Å². The number of hydrogen-bond acceptors (Lipinski definition) is 2. The minimum absolute atomic E-state index is 0.0392. The number of halogens is 1. The lowest BCUT2D eigenvalue weighted by Crippen LogP contribution is -2.28. The van der Waals surface area contributed by atoms with E-state index in [0.717, 1.165) is 47.5 Å². The molecule has 0 spiro atoms. The number of nitrogens with one attached hydrogen (secondary N) is 1. The van der Waals surface area contributed by atoms with E-state index >= 15 is 0 Å². The summed E-state index contributed by atoms with van der Waals surface area (Å²) in [6.07, 6.45) is 7.36. The summed E-state index contributed by atoms with van der Waals surface area (Å²) in [6.45, 7) is 2.36. The van der Waals surface area contributed by atoms with E-state index in [9.17, 15) is 4.39 Å². The van der Waals surface area contributed by atoms with Crippen molar-refractivity contribution in [3.05, 3.63) is 83.2 Å². The zero-order chi connectivity index (χ0) is 19.6. The molecular formula is C24H21FN4. The molecule has 2 aliphatic rings. The third-order valence-corrected chi connectivity index (χ3v) is 6.77. The van der Waals surface area contributed by atoms with Crippen molar-refractivity contribution < 1.29 is 4.39 Å². The molecular weight excluding hydrogens is 363 g/mol. The number of aromatic amines is 1. The van der Waals surface area contributed by atoms with E-state index in [4.69, 9.17) is 4.98 Å². The van der Waals surface area contributed by atoms with Gasteiger partial charge in [0.05, 0.1) is 28.6 Å². The molecule has 29 heavy (non-hydrogen) atoms. The van der Waals surface area contributed by atoms with Gasteiger partial charge in [-0.25, -0.2) is 14.1 Å². The fourth-order valence-corrected chi connectivity index (χ4v) is 5.21. The fourth-order valence-electron chi connectivity index (χ4n) is 5.21. The Bertz CT molecular complexity index is 1230. The number of allylic oxidation sites excluding steroid dienone is 1. The summed E-state index contributed by atoms with van der Waals surface area (Å²) in [7, 11) is 0. The molecule has 2 atom stereocenters. The smallest absolute Gasteiger partial charge is 0.123 e. The van der Waals surface area contributed by atoms with Crippen molar-refractivity contribution in [2.75, 3.05) is 0 Å². The first-order valence-electron chi connectivity index (χ1n) is 10.1. The molecule has 0 saturated heterocycles. The highest BCUT2D eigenvalue weighted by Crippen LogP contribution is 2.56. The molecule has 5 heteroatoms. The lowest BCUT2D eigenvalue weighted by atomic mass is 9.69. The van der Waals surface area contributed by atoms with Crippen LogP contribution in [0.1, 0.15) is 42.8 Å². The Morgan fingerprint density at radius 2 is 1.97 bits per heavy atom. The first kappa shape index (κ1) is 16.7. The summed E-state index contributed by atoms with van der Waals surface area (Å²) in [5.41, 5.74) is 6.88. The molecule has 2 aromatic carbocycles.